The Morgan fingerprint density at radius 2 is 1.89 bits per heavy atom. The Hall–Kier alpha value is -2.28. The van der Waals surface area contributed by atoms with Gasteiger partial charge in [0.15, 0.2) is 5.82 Å². The maximum atomic E-state index is 13.7. The molecular formula is C26H34F3N5O3S. The quantitative estimate of drug-likeness (QED) is 0.536. The lowest BCUT2D eigenvalue weighted by Gasteiger charge is -2.40. The van der Waals surface area contributed by atoms with Crippen LogP contribution in [0.2, 0.25) is 0 Å². The van der Waals surface area contributed by atoms with Gasteiger partial charge in [0.05, 0.1) is 19.3 Å². The Labute approximate surface area is 221 Å². The van der Waals surface area contributed by atoms with Crippen molar-refractivity contribution < 1.29 is 26.3 Å². The molecule has 0 unspecified atom stereocenters. The Bertz CT molecular complexity index is 1180. The van der Waals surface area contributed by atoms with Crippen molar-refractivity contribution in [3.8, 4) is 0 Å². The van der Waals surface area contributed by atoms with Crippen molar-refractivity contribution in [1.29, 1.82) is 0 Å². The normalized spacial score (nSPS) is 28.4. The minimum absolute atomic E-state index is 0.0289. The maximum Gasteiger partial charge on any atom is 0.279 e. The molecule has 2 saturated heterocycles. The van der Waals surface area contributed by atoms with Gasteiger partial charge in [0, 0.05) is 44.2 Å². The standard InChI is InChI=1S/C26H34F3N5O3S/c27-22-4-1-3-20(15-22)19-6-8-23(9-7-19)37-17-21-16-33(25-5-2-12-30-31-25)13-10-24(21)32-38(35,36)34-14-11-26(28,29)18-34/h1-5,12,15,19,21,23-24,32H,6-11,13-14,16-18H2/t19?,21-,23?,24-/m0/s1. The van der Waals surface area contributed by atoms with Crippen LogP contribution in [-0.2, 0) is 14.9 Å². The number of rotatable bonds is 8. The molecule has 5 rings (SSSR count). The van der Waals surface area contributed by atoms with E-state index in [9.17, 15) is 21.6 Å². The Kier molecular flexibility index (Phi) is 8.22. The van der Waals surface area contributed by atoms with E-state index >= 15 is 0 Å². The summed E-state index contributed by atoms with van der Waals surface area (Å²) in [6.45, 7) is 0.389. The lowest BCUT2D eigenvalue weighted by molar-refractivity contribution is -0.00240. The summed E-state index contributed by atoms with van der Waals surface area (Å²) in [5, 5.41) is 8.14. The minimum atomic E-state index is -4.06. The van der Waals surface area contributed by atoms with Crippen LogP contribution in [0.3, 0.4) is 0 Å². The van der Waals surface area contributed by atoms with Crippen molar-refractivity contribution in [1.82, 2.24) is 19.2 Å². The number of piperidine rings is 1. The van der Waals surface area contributed by atoms with Gasteiger partial charge in [-0.1, -0.05) is 12.1 Å². The number of halogens is 3. The van der Waals surface area contributed by atoms with Crippen LogP contribution in [0.4, 0.5) is 19.0 Å². The fraction of sp³-hybridized carbons (Fsp3) is 0.615. The van der Waals surface area contributed by atoms with Crippen LogP contribution in [0, 0.1) is 11.7 Å². The second-order valence-electron chi connectivity index (χ2n) is 10.6. The first kappa shape index (κ1) is 27.3. The van der Waals surface area contributed by atoms with E-state index in [1.807, 2.05) is 12.1 Å². The van der Waals surface area contributed by atoms with E-state index in [1.165, 1.54) is 6.07 Å². The molecule has 1 N–H and O–H groups in total. The predicted molar refractivity (Wildman–Crippen MR) is 137 cm³/mol. The van der Waals surface area contributed by atoms with Crippen molar-refractivity contribution in [2.75, 3.05) is 37.7 Å². The number of nitrogens with zero attached hydrogens (tertiary/aromatic N) is 4. The average Bonchev–Trinajstić information content (AvgIpc) is 3.29. The van der Waals surface area contributed by atoms with E-state index in [0.29, 0.717) is 37.9 Å². The van der Waals surface area contributed by atoms with Gasteiger partial charge in [0.1, 0.15) is 5.82 Å². The molecule has 208 valence electrons. The van der Waals surface area contributed by atoms with Crippen LogP contribution in [0.25, 0.3) is 0 Å². The summed E-state index contributed by atoms with van der Waals surface area (Å²) in [5.74, 6) is -2.43. The van der Waals surface area contributed by atoms with Crippen molar-refractivity contribution in [3.63, 3.8) is 0 Å². The Morgan fingerprint density at radius 3 is 2.58 bits per heavy atom. The van der Waals surface area contributed by atoms with Gasteiger partial charge >= 0.3 is 0 Å². The number of hydrogen-bond acceptors (Lipinski definition) is 6. The summed E-state index contributed by atoms with van der Waals surface area (Å²) >= 11 is 0. The van der Waals surface area contributed by atoms with E-state index in [4.69, 9.17) is 4.74 Å². The summed E-state index contributed by atoms with van der Waals surface area (Å²) in [5.41, 5.74) is 1.01. The molecule has 2 atom stereocenters. The van der Waals surface area contributed by atoms with Crippen molar-refractivity contribution >= 4 is 16.0 Å². The molecule has 1 aromatic heterocycles. The van der Waals surface area contributed by atoms with Gasteiger partial charge in [-0.3, -0.25) is 0 Å². The topological polar surface area (TPSA) is 87.7 Å². The molecule has 0 amide bonds. The zero-order valence-electron chi connectivity index (χ0n) is 21.2. The van der Waals surface area contributed by atoms with Crippen LogP contribution < -0.4 is 9.62 Å². The summed E-state index contributed by atoms with van der Waals surface area (Å²) in [6, 6.07) is 9.96. The summed E-state index contributed by atoms with van der Waals surface area (Å²) < 4.78 is 76.9. The molecule has 0 bridgehead atoms. The van der Waals surface area contributed by atoms with Crippen LogP contribution in [-0.4, -0.2) is 73.8 Å². The molecule has 0 spiro atoms. The highest BCUT2D eigenvalue weighted by Gasteiger charge is 2.44. The molecule has 3 aliphatic rings. The highest BCUT2D eigenvalue weighted by Crippen LogP contribution is 2.35. The largest absolute Gasteiger partial charge is 0.378 e. The predicted octanol–water partition coefficient (Wildman–Crippen LogP) is 3.73. The molecule has 38 heavy (non-hydrogen) atoms. The monoisotopic (exact) mass is 553 g/mol. The molecule has 1 aliphatic carbocycles. The van der Waals surface area contributed by atoms with E-state index in [-0.39, 0.29) is 24.4 Å². The van der Waals surface area contributed by atoms with E-state index < -0.39 is 35.1 Å². The first-order valence-electron chi connectivity index (χ1n) is 13.2. The number of benzene rings is 1. The second-order valence-corrected chi connectivity index (χ2v) is 12.3. The smallest absolute Gasteiger partial charge is 0.279 e. The lowest BCUT2D eigenvalue weighted by Crippen LogP contribution is -2.55. The summed E-state index contributed by atoms with van der Waals surface area (Å²) in [6.07, 6.45) is 5.10. The Balaban J connectivity index is 1.22. The number of ether oxygens (including phenoxy) is 1. The molecule has 1 aromatic carbocycles. The average molecular weight is 554 g/mol. The van der Waals surface area contributed by atoms with Gasteiger partial charge in [-0.25, -0.2) is 13.2 Å². The fourth-order valence-corrected chi connectivity index (χ4v) is 7.32. The molecule has 1 saturated carbocycles. The third-order valence-electron chi connectivity index (χ3n) is 7.93. The van der Waals surface area contributed by atoms with E-state index in [0.717, 1.165) is 35.6 Å². The number of alkyl halides is 2. The second kappa shape index (κ2) is 11.4. The highest BCUT2D eigenvalue weighted by atomic mass is 32.2. The van der Waals surface area contributed by atoms with Gasteiger partial charge < -0.3 is 9.64 Å². The van der Waals surface area contributed by atoms with Crippen molar-refractivity contribution in [3.05, 3.63) is 54.0 Å². The SMILES string of the molecule is O=S(=O)(N[C@H]1CCN(c2cccnn2)C[C@H]1COC1CCC(c2cccc(F)c2)CC1)N1CCC(F)(F)C1. The number of anilines is 1. The molecule has 0 radical (unpaired) electrons. The van der Waals surface area contributed by atoms with Gasteiger partial charge in [-0.15, -0.1) is 5.10 Å². The van der Waals surface area contributed by atoms with Crippen LogP contribution in [0.1, 0.15) is 50.0 Å². The zero-order chi connectivity index (χ0) is 26.8. The van der Waals surface area contributed by atoms with Crippen LogP contribution in [0.15, 0.2) is 42.6 Å². The van der Waals surface area contributed by atoms with Gasteiger partial charge in [-0.05, 0) is 67.9 Å². The summed E-state index contributed by atoms with van der Waals surface area (Å²) in [7, 11) is -4.06. The fourth-order valence-electron chi connectivity index (χ4n) is 5.78. The first-order chi connectivity index (χ1) is 18.2. The number of aromatic nitrogens is 2. The molecule has 12 heteroatoms. The van der Waals surface area contributed by atoms with Gasteiger partial charge in [-0.2, -0.15) is 22.5 Å². The molecule has 3 fully saturated rings. The third kappa shape index (κ3) is 6.64. The maximum absolute atomic E-state index is 13.7. The lowest BCUT2D eigenvalue weighted by atomic mass is 9.82. The minimum Gasteiger partial charge on any atom is -0.378 e. The Morgan fingerprint density at radius 1 is 1.08 bits per heavy atom. The van der Waals surface area contributed by atoms with Crippen LogP contribution in [0.5, 0.6) is 0 Å². The number of nitrogens with one attached hydrogen (secondary N) is 1. The van der Waals surface area contributed by atoms with Crippen LogP contribution >= 0.6 is 0 Å². The molecule has 3 heterocycles. The zero-order valence-corrected chi connectivity index (χ0v) is 22.0. The summed E-state index contributed by atoms with van der Waals surface area (Å²) in [4.78, 5) is 2.05. The molecular weight excluding hydrogens is 519 g/mol. The third-order valence-corrected chi connectivity index (χ3v) is 9.52. The highest BCUT2D eigenvalue weighted by molar-refractivity contribution is 7.87. The van der Waals surface area contributed by atoms with Gasteiger partial charge in [0.2, 0.25) is 0 Å². The molecule has 2 aliphatic heterocycles. The van der Waals surface area contributed by atoms with E-state index in [2.05, 4.69) is 19.8 Å². The molecule has 8 nitrogen and oxygen atoms in total. The molecule has 2 aromatic rings. The van der Waals surface area contributed by atoms with Gasteiger partial charge in [0.25, 0.3) is 16.1 Å². The number of hydrogen-bond donors (Lipinski definition) is 1. The van der Waals surface area contributed by atoms with Crippen molar-refractivity contribution in [2.45, 2.75) is 62.5 Å². The van der Waals surface area contributed by atoms with Crippen molar-refractivity contribution in [2.24, 2.45) is 5.92 Å². The van der Waals surface area contributed by atoms with E-state index in [1.54, 1.807) is 24.4 Å². The first-order valence-corrected chi connectivity index (χ1v) is 14.7.